The Hall–Kier alpha value is -2.23. The Labute approximate surface area is 126 Å². The van der Waals surface area contributed by atoms with Gasteiger partial charge in [0.1, 0.15) is 11.5 Å². The van der Waals surface area contributed by atoms with Crippen LogP contribution in [0.25, 0.3) is 0 Å². The smallest absolute Gasteiger partial charge is 0.316 e. The van der Waals surface area contributed by atoms with Gasteiger partial charge in [0.25, 0.3) is 5.91 Å². The molecule has 2 aliphatic rings. The number of sulfone groups is 1. The number of rotatable bonds is 2. The first kappa shape index (κ1) is 14.7. The van der Waals surface area contributed by atoms with Crippen LogP contribution in [-0.2, 0) is 14.6 Å². The molecule has 3 rings (SSSR count). The molecule has 1 aromatic rings. The Morgan fingerprint density at radius 1 is 1.18 bits per heavy atom. The molecule has 3 N–H and O–H groups in total. The molecule has 0 radical (unpaired) electrons. The van der Waals surface area contributed by atoms with Crippen LogP contribution in [0.4, 0.5) is 4.79 Å². The molecule has 116 valence electrons. The summed E-state index contributed by atoms with van der Waals surface area (Å²) in [7, 11) is -3.66. The third-order valence-corrected chi connectivity index (χ3v) is 5.57. The number of carbonyl (C=O) groups excluding carboxylic acids is 2. The van der Waals surface area contributed by atoms with Crippen LogP contribution < -0.4 is 10.6 Å². The van der Waals surface area contributed by atoms with E-state index in [0.29, 0.717) is 0 Å². The summed E-state index contributed by atoms with van der Waals surface area (Å²) < 4.78 is 25.1. The van der Waals surface area contributed by atoms with Crippen LogP contribution in [-0.4, -0.2) is 42.2 Å². The fourth-order valence-electron chi connectivity index (χ4n) is 2.42. The summed E-state index contributed by atoms with van der Waals surface area (Å²) in [5.74, 6) is -0.864. The number of hydrogen-bond acceptors (Lipinski definition) is 6. The second-order valence-electron chi connectivity index (χ2n) is 4.91. The van der Waals surface area contributed by atoms with E-state index in [4.69, 9.17) is 0 Å². The first-order valence-electron chi connectivity index (χ1n) is 6.50. The largest absolute Gasteiger partial charge is 0.350 e. The Balaban J connectivity index is 1.90. The van der Waals surface area contributed by atoms with E-state index in [0.717, 1.165) is 0 Å². The van der Waals surface area contributed by atoms with E-state index in [-0.39, 0.29) is 22.0 Å². The number of fused-ring (bicyclic) bond motifs is 1. The number of nitrogens with zero attached hydrogens (tertiary/aromatic N) is 1. The van der Waals surface area contributed by atoms with E-state index < -0.39 is 33.3 Å². The molecule has 0 spiro atoms. The molecule has 2 atom stereocenters. The first-order valence-corrected chi connectivity index (χ1v) is 8.05. The van der Waals surface area contributed by atoms with Gasteiger partial charge in [-0.15, -0.1) is 5.06 Å². The Morgan fingerprint density at radius 3 is 2.55 bits per heavy atom. The van der Waals surface area contributed by atoms with Gasteiger partial charge in [-0.25, -0.2) is 13.2 Å². The average Bonchev–Trinajstić information content (AvgIpc) is 2.53. The maximum absolute atomic E-state index is 12.5. The van der Waals surface area contributed by atoms with Crippen LogP contribution >= 0.6 is 0 Å². The maximum atomic E-state index is 12.5. The van der Waals surface area contributed by atoms with Crippen LogP contribution in [0.5, 0.6) is 0 Å². The summed E-state index contributed by atoms with van der Waals surface area (Å²) in [5.41, 5.74) is 0.113. The Bertz CT molecular complexity index is 759. The molecule has 0 bridgehead atoms. The molecule has 2 unspecified atom stereocenters. The van der Waals surface area contributed by atoms with Gasteiger partial charge in [-0.3, -0.25) is 15.3 Å². The highest BCUT2D eigenvalue weighted by atomic mass is 32.2. The van der Waals surface area contributed by atoms with E-state index in [1.165, 1.54) is 18.2 Å². The van der Waals surface area contributed by atoms with Crippen molar-refractivity contribution in [3.8, 4) is 0 Å². The molecule has 0 aromatic heterocycles. The van der Waals surface area contributed by atoms with Crippen LogP contribution in [0.3, 0.4) is 0 Å². The van der Waals surface area contributed by atoms with Crippen molar-refractivity contribution in [2.45, 2.75) is 22.9 Å². The van der Waals surface area contributed by atoms with E-state index >= 15 is 0 Å². The molecule has 2 heterocycles. The molecular weight excluding hydrogens is 310 g/mol. The minimum atomic E-state index is -3.66. The number of hydroxylamine groups is 2. The zero-order valence-electron chi connectivity index (χ0n) is 11.3. The van der Waals surface area contributed by atoms with Crippen molar-refractivity contribution >= 4 is 21.8 Å². The fraction of sp³-hybridized carbons (Fsp3) is 0.231. The highest BCUT2D eigenvalue weighted by Gasteiger charge is 2.41. The van der Waals surface area contributed by atoms with Gasteiger partial charge in [0.05, 0.1) is 10.5 Å². The lowest BCUT2D eigenvalue weighted by Crippen LogP contribution is -2.63. The van der Waals surface area contributed by atoms with Crippen molar-refractivity contribution in [2.75, 3.05) is 0 Å². The number of hydrogen-bond donors (Lipinski definition) is 3. The number of urea groups is 1. The van der Waals surface area contributed by atoms with Gasteiger partial charge in [-0.05, 0) is 18.6 Å². The van der Waals surface area contributed by atoms with Gasteiger partial charge in [0.2, 0.25) is 0 Å². The van der Waals surface area contributed by atoms with Crippen molar-refractivity contribution in [3.05, 3.63) is 42.0 Å². The highest BCUT2D eigenvalue weighted by molar-refractivity contribution is 7.92. The number of imide groups is 1. The SMILES string of the molecule is O=C1NC2NC(S(=O)(=O)c3ccccc3)CC=C2C(=O)N1O. The van der Waals surface area contributed by atoms with Gasteiger partial charge in [-0.2, -0.15) is 0 Å². The molecule has 1 fully saturated rings. The van der Waals surface area contributed by atoms with E-state index in [2.05, 4.69) is 10.6 Å². The number of nitrogens with one attached hydrogen (secondary N) is 2. The van der Waals surface area contributed by atoms with Gasteiger partial charge in [0, 0.05) is 0 Å². The van der Waals surface area contributed by atoms with E-state index in [1.807, 2.05) is 0 Å². The van der Waals surface area contributed by atoms with Crippen molar-refractivity contribution in [1.82, 2.24) is 15.7 Å². The Kier molecular flexibility index (Phi) is 3.47. The van der Waals surface area contributed by atoms with Gasteiger partial charge in [0.15, 0.2) is 9.84 Å². The lowest BCUT2D eigenvalue weighted by atomic mass is 10.1. The van der Waals surface area contributed by atoms with Crippen molar-refractivity contribution < 1.29 is 23.2 Å². The molecule has 0 saturated carbocycles. The molecular formula is C13H13N3O5S. The fourth-order valence-corrected chi connectivity index (χ4v) is 3.95. The van der Waals surface area contributed by atoms with Crippen LogP contribution in [0.2, 0.25) is 0 Å². The van der Waals surface area contributed by atoms with Gasteiger partial charge >= 0.3 is 6.03 Å². The predicted octanol–water partition coefficient (Wildman–Crippen LogP) is -0.0268. The van der Waals surface area contributed by atoms with Gasteiger partial charge in [-0.1, -0.05) is 24.3 Å². The molecule has 1 saturated heterocycles. The van der Waals surface area contributed by atoms with Gasteiger partial charge < -0.3 is 5.32 Å². The summed E-state index contributed by atoms with van der Waals surface area (Å²) in [6, 6.07) is 6.91. The van der Waals surface area contributed by atoms with Crippen molar-refractivity contribution in [2.24, 2.45) is 0 Å². The first-order chi connectivity index (χ1) is 10.4. The average molecular weight is 323 g/mol. The molecule has 22 heavy (non-hydrogen) atoms. The molecule has 1 aromatic carbocycles. The zero-order valence-corrected chi connectivity index (χ0v) is 12.1. The van der Waals surface area contributed by atoms with Crippen LogP contribution in [0, 0.1) is 0 Å². The minimum Gasteiger partial charge on any atom is -0.316 e. The number of carbonyl (C=O) groups is 2. The minimum absolute atomic E-state index is 0.0317. The molecule has 9 heteroatoms. The number of benzene rings is 1. The maximum Gasteiger partial charge on any atom is 0.350 e. The Morgan fingerprint density at radius 2 is 1.86 bits per heavy atom. The van der Waals surface area contributed by atoms with E-state index in [1.54, 1.807) is 18.2 Å². The normalized spacial score (nSPS) is 25.3. The molecule has 0 aliphatic carbocycles. The quantitative estimate of drug-likeness (QED) is 0.658. The highest BCUT2D eigenvalue weighted by Crippen LogP contribution is 2.24. The summed E-state index contributed by atoms with van der Waals surface area (Å²) in [6.45, 7) is 0. The summed E-state index contributed by atoms with van der Waals surface area (Å²) in [4.78, 5) is 23.3. The standard InChI is InChI=1S/C13H13N3O5S/c17-12-9-6-7-10(14-11(9)15-13(18)16(12)19)22(20,21)8-4-2-1-3-5-8/h1-6,10-11,14,19H,7H2,(H,15,18). The third kappa shape index (κ3) is 2.28. The summed E-state index contributed by atoms with van der Waals surface area (Å²) in [5, 5.41) is 13.3. The summed E-state index contributed by atoms with van der Waals surface area (Å²) >= 11 is 0. The summed E-state index contributed by atoms with van der Waals surface area (Å²) in [6.07, 6.45) is 0.524. The molecule has 3 amide bonds. The monoisotopic (exact) mass is 323 g/mol. The van der Waals surface area contributed by atoms with Crippen LogP contribution in [0.15, 0.2) is 46.9 Å². The zero-order chi connectivity index (χ0) is 15.9. The second-order valence-corrected chi connectivity index (χ2v) is 7.04. The lowest BCUT2D eigenvalue weighted by molar-refractivity contribution is -0.151. The molecule has 2 aliphatic heterocycles. The topological polar surface area (TPSA) is 116 Å². The lowest BCUT2D eigenvalue weighted by Gasteiger charge is -2.35. The second kappa shape index (κ2) is 5.20. The third-order valence-electron chi connectivity index (χ3n) is 3.56. The van der Waals surface area contributed by atoms with Crippen LogP contribution in [0.1, 0.15) is 6.42 Å². The van der Waals surface area contributed by atoms with E-state index in [9.17, 15) is 23.2 Å². The van der Waals surface area contributed by atoms with Crippen molar-refractivity contribution in [1.29, 1.82) is 0 Å². The van der Waals surface area contributed by atoms with Crippen molar-refractivity contribution in [3.63, 3.8) is 0 Å². The molecule has 8 nitrogen and oxygen atoms in total. The number of amides is 3. The predicted molar refractivity (Wildman–Crippen MR) is 74.2 cm³/mol.